The summed E-state index contributed by atoms with van der Waals surface area (Å²) in [5.74, 6) is 0.212. The maximum atomic E-state index is 12.9. The molecule has 3 rings (SSSR count). The number of benzene rings is 2. The van der Waals surface area contributed by atoms with E-state index in [1.54, 1.807) is 0 Å². The number of nitrogens with one attached hydrogen (secondary N) is 1. The summed E-state index contributed by atoms with van der Waals surface area (Å²) < 4.78 is 0. The van der Waals surface area contributed by atoms with Crippen LogP contribution in [0.5, 0.6) is 0 Å². The SMILES string of the molecule is Cc1cccc(C)c1NC(=O)C[P+]1(Cc2ccccc2)CCCCC1. The molecule has 0 aromatic heterocycles. The first-order valence-electron chi connectivity index (χ1n) is 9.33. The van der Waals surface area contributed by atoms with Gasteiger partial charge in [0.25, 0.3) is 5.91 Å². The smallest absolute Gasteiger partial charge is 0.261 e. The fourth-order valence-corrected chi connectivity index (χ4v) is 8.45. The molecule has 0 saturated carbocycles. The van der Waals surface area contributed by atoms with Crippen LogP contribution in [0.2, 0.25) is 0 Å². The van der Waals surface area contributed by atoms with Gasteiger partial charge in [-0.2, -0.15) is 0 Å². The highest BCUT2D eigenvalue weighted by molar-refractivity contribution is 7.76. The maximum Gasteiger partial charge on any atom is 0.261 e. The van der Waals surface area contributed by atoms with E-state index >= 15 is 0 Å². The van der Waals surface area contributed by atoms with E-state index in [1.807, 2.05) is 6.07 Å². The molecule has 25 heavy (non-hydrogen) atoms. The van der Waals surface area contributed by atoms with Crippen LogP contribution in [-0.4, -0.2) is 24.4 Å². The van der Waals surface area contributed by atoms with Gasteiger partial charge in [0.05, 0.1) is 18.5 Å². The van der Waals surface area contributed by atoms with Crippen LogP contribution in [0.1, 0.15) is 36.0 Å². The van der Waals surface area contributed by atoms with Crippen LogP contribution in [0.4, 0.5) is 5.69 Å². The lowest BCUT2D eigenvalue weighted by atomic mass is 10.1. The summed E-state index contributed by atoms with van der Waals surface area (Å²) in [4.78, 5) is 12.9. The molecule has 1 amide bonds. The first kappa shape index (κ1) is 18.1. The molecule has 0 spiro atoms. The zero-order valence-corrected chi connectivity index (χ0v) is 16.3. The second-order valence-electron chi connectivity index (χ2n) is 7.47. The quantitative estimate of drug-likeness (QED) is 0.691. The maximum absolute atomic E-state index is 12.9. The van der Waals surface area contributed by atoms with E-state index in [0.29, 0.717) is 0 Å². The second-order valence-corrected chi connectivity index (χ2v) is 11.7. The molecule has 0 aliphatic carbocycles. The monoisotopic (exact) mass is 354 g/mol. The first-order valence-corrected chi connectivity index (χ1v) is 11.9. The fourth-order valence-electron chi connectivity index (χ4n) is 4.02. The van der Waals surface area contributed by atoms with Crippen molar-refractivity contribution < 1.29 is 4.79 Å². The van der Waals surface area contributed by atoms with Gasteiger partial charge in [0.2, 0.25) is 0 Å². The Balaban J connectivity index is 1.75. The van der Waals surface area contributed by atoms with Crippen LogP contribution >= 0.6 is 7.26 Å². The van der Waals surface area contributed by atoms with E-state index in [9.17, 15) is 4.79 Å². The fraction of sp³-hybridized carbons (Fsp3) is 0.409. The summed E-state index contributed by atoms with van der Waals surface area (Å²) in [5.41, 5.74) is 4.69. The van der Waals surface area contributed by atoms with Gasteiger partial charge in [0, 0.05) is 12.9 Å². The van der Waals surface area contributed by atoms with E-state index in [4.69, 9.17) is 0 Å². The van der Waals surface area contributed by atoms with Crippen molar-refractivity contribution in [1.29, 1.82) is 0 Å². The Hall–Kier alpha value is -1.66. The highest BCUT2D eigenvalue weighted by atomic mass is 31.2. The molecule has 2 aromatic rings. The molecule has 2 nitrogen and oxygen atoms in total. The predicted octanol–water partition coefficient (Wildman–Crippen LogP) is 5.64. The Kier molecular flexibility index (Phi) is 5.91. The minimum absolute atomic E-state index is 0.212. The number of carbonyl (C=O) groups is 1. The summed E-state index contributed by atoms with van der Waals surface area (Å²) in [6.07, 6.45) is 8.29. The Bertz CT molecular complexity index is 700. The lowest BCUT2D eigenvalue weighted by Crippen LogP contribution is -2.25. The van der Waals surface area contributed by atoms with Gasteiger partial charge in [-0.05, 0) is 49.8 Å². The number of anilines is 1. The lowest BCUT2D eigenvalue weighted by Gasteiger charge is -2.31. The van der Waals surface area contributed by atoms with Crippen LogP contribution in [0.15, 0.2) is 48.5 Å². The molecule has 1 fully saturated rings. The van der Waals surface area contributed by atoms with E-state index in [2.05, 4.69) is 61.6 Å². The average molecular weight is 354 g/mol. The molecule has 3 heteroatoms. The molecule has 0 bridgehead atoms. The number of rotatable bonds is 5. The molecular formula is C22H29NOP+. The number of hydrogen-bond donors (Lipinski definition) is 1. The zero-order chi connectivity index (χ0) is 17.7. The molecule has 1 aliphatic heterocycles. The van der Waals surface area contributed by atoms with Crippen LogP contribution in [-0.2, 0) is 11.0 Å². The van der Waals surface area contributed by atoms with Crippen molar-refractivity contribution >= 4 is 18.9 Å². The standard InChI is InChI=1S/C22H28NOP/c1-18-10-9-11-19(2)22(18)23-21(24)17-25(14-7-4-8-15-25)16-20-12-5-3-6-13-20/h3,5-6,9-13H,4,7-8,14-17H2,1-2H3/p+1. The van der Waals surface area contributed by atoms with Crippen LogP contribution in [0, 0.1) is 13.8 Å². The molecule has 1 saturated heterocycles. The number of hydrogen-bond acceptors (Lipinski definition) is 1. The summed E-state index contributed by atoms with van der Waals surface area (Å²) in [5, 5.41) is 3.23. The lowest BCUT2D eigenvalue weighted by molar-refractivity contribution is -0.113. The van der Waals surface area contributed by atoms with Crippen molar-refractivity contribution in [3.05, 3.63) is 65.2 Å². The topological polar surface area (TPSA) is 29.1 Å². The molecular weight excluding hydrogens is 325 g/mol. The Morgan fingerprint density at radius 3 is 2.20 bits per heavy atom. The minimum Gasteiger partial charge on any atom is -0.322 e. The van der Waals surface area contributed by atoms with Crippen LogP contribution < -0.4 is 5.32 Å². The Morgan fingerprint density at radius 2 is 1.56 bits per heavy atom. The van der Waals surface area contributed by atoms with Gasteiger partial charge in [-0.15, -0.1) is 0 Å². The number of amides is 1. The minimum atomic E-state index is -1.25. The van der Waals surface area contributed by atoms with Crippen molar-refractivity contribution in [2.24, 2.45) is 0 Å². The van der Waals surface area contributed by atoms with Gasteiger partial charge >= 0.3 is 0 Å². The summed E-state index contributed by atoms with van der Waals surface area (Å²) in [6, 6.07) is 16.9. The van der Waals surface area contributed by atoms with Crippen molar-refractivity contribution in [3.8, 4) is 0 Å². The Labute approximate surface area is 152 Å². The van der Waals surface area contributed by atoms with Crippen molar-refractivity contribution in [3.63, 3.8) is 0 Å². The van der Waals surface area contributed by atoms with Crippen LogP contribution in [0.3, 0.4) is 0 Å². The third-order valence-corrected chi connectivity index (χ3v) is 9.87. The molecule has 1 heterocycles. The van der Waals surface area contributed by atoms with Gasteiger partial charge in [0.1, 0.15) is 6.16 Å². The third kappa shape index (κ3) is 4.70. The summed E-state index contributed by atoms with van der Waals surface area (Å²) >= 11 is 0. The third-order valence-electron chi connectivity index (χ3n) is 5.35. The van der Waals surface area contributed by atoms with E-state index in [1.165, 1.54) is 37.1 Å². The predicted molar refractivity (Wildman–Crippen MR) is 110 cm³/mol. The highest BCUT2D eigenvalue weighted by Gasteiger charge is 2.41. The normalized spacial score (nSPS) is 16.4. The molecule has 0 radical (unpaired) electrons. The zero-order valence-electron chi connectivity index (χ0n) is 15.4. The van der Waals surface area contributed by atoms with E-state index < -0.39 is 7.26 Å². The van der Waals surface area contributed by atoms with Crippen LogP contribution in [0.25, 0.3) is 0 Å². The molecule has 1 N–H and O–H groups in total. The number of carbonyl (C=O) groups excluding carboxylic acids is 1. The van der Waals surface area contributed by atoms with Gasteiger partial charge in [0.15, 0.2) is 0 Å². The largest absolute Gasteiger partial charge is 0.322 e. The second kappa shape index (κ2) is 8.15. The van der Waals surface area contributed by atoms with Gasteiger partial charge in [-0.1, -0.05) is 48.5 Å². The van der Waals surface area contributed by atoms with Gasteiger partial charge in [-0.25, -0.2) is 0 Å². The molecule has 0 atom stereocenters. The molecule has 0 unspecified atom stereocenters. The average Bonchev–Trinajstić information content (AvgIpc) is 2.60. The molecule has 132 valence electrons. The number of aryl methyl sites for hydroxylation is 2. The van der Waals surface area contributed by atoms with Gasteiger partial charge in [-0.3, -0.25) is 4.79 Å². The Morgan fingerprint density at radius 1 is 0.920 bits per heavy atom. The highest BCUT2D eigenvalue weighted by Crippen LogP contribution is 2.64. The van der Waals surface area contributed by atoms with Crippen molar-refractivity contribution in [2.75, 3.05) is 23.8 Å². The first-order chi connectivity index (χ1) is 12.1. The molecule has 2 aromatic carbocycles. The van der Waals surface area contributed by atoms with E-state index in [0.717, 1.165) is 29.1 Å². The van der Waals surface area contributed by atoms with E-state index in [-0.39, 0.29) is 5.91 Å². The van der Waals surface area contributed by atoms with Gasteiger partial charge < -0.3 is 5.32 Å². The van der Waals surface area contributed by atoms with Crippen molar-refractivity contribution in [1.82, 2.24) is 0 Å². The summed E-state index contributed by atoms with van der Waals surface area (Å²) in [7, 11) is -1.25. The number of para-hydroxylation sites is 1. The van der Waals surface area contributed by atoms with Crippen molar-refractivity contribution in [2.45, 2.75) is 39.3 Å². The summed E-state index contributed by atoms with van der Waals surface area (Å²) in [6.45, 7) is 4.14. The molecule has 1 aliphatic rings.